The first-order valence-electron chi connectivity index (χ1n) is 7.98. The maximum Gasteiger partial charge on any atom is 0.273 e. The molecule has 128 valence electrons. The molecule has 0 unspecified atom stereocenters. The average molecular weight is 330 g/mol. The van der Waals surface area contributed by atoms with Gasteiger partial charge in [-0.25, -0.2) is 0 Å². The van der Waals surface area contributed by atoms with Crippen LogP contribution in [0.15, 0.2) is 40.9 Å². The number of hydrogen-bond donors (Lipinski definition) is 3. The van der Waals surface area contributed by atoms with Crippen LogP contribution in [0.2, 0.25) is 0 Å². The number of amides is 2. The molecule has 1 aromatic heterocycles. The first kappa shape index (κ1) is 17.7. The van der Waals surface area contributed by atoms with Gasteiger partial charge in [0, 0.05) is 24.7 Å². The third kappa shape index (κ3) is 5.51. The summed E-state index contributed by atoms with van der Waals surface area (Å²) < 4.78 is 5.16. The molecule has 2 rings (SSSR count). The molecule has 0 aliphatic heterocycles. The molecule has 0 aliphatic rings. The molecule has 0 saturated heterocycles. The molecule has 2 aromatic rings. The van der Waals surface area contributed by atoms with Crippen LogP contribution in [0.5, 0.6) is 0 Å². The molecule has 7 heteroatoms. The minimum absolute atomic E-state index is 0.0971. The largest absolute Gasteiger partial charge is 0.355 e. The number of carbonyl (C=O) groups is 2. The predicted molar refractivity (Wildman–Crippen MR) is 90.4 cm³/mol. The number of nitrogens with one attached hydrogen (secondary N) is 3. The van der Waals surface area contributed by atoms with Crippen LogP contribution in [0.25, 0.3) is 11.3 Å². The smallest absolute Gasteiger partial charge is 0.273 e. The van der Waals surface area contributed by atoms with E-state index in [0.29, 0.717) is 18.8 Å². The molecule has 2 amide bonds. The van der Waals surface area contributed by atoms with E-state index in [-0.39, 0.29) is 18.1 Å². The van der Waals surface area contributed by atoms with Crippen LogP contribution in [-0.2, 0) is 4.79 Å². The van der Waals surface area contributed by atoms with Gasteiger partial charge in [0.2, 0.25) is 5.91 Å². The van der Waals surface area contributed by atoms with Crippen molar-refractivity contribution < 1.29 is 14.1 Å². The highest BCUT2D eigenvalue weighted by Crippen LogP contribution is 2.19. The second kappa shape index (κ2) is 9.46. The molecule has 0 fully saturated rings. The molecular formula is C17H22N4O3. The zero-order valence-electron chi connectivity index (χ0n) is 13.7. The van der Waals surface area contributed by atoms with E-state index >= 15 is 0 Å². The highest BCUT2D eigenvalue weighted by Gasteiger charge is 2.14. The Morgan fingerprint density at radius 2 is 1.88 bits per heavy atom. The molecule has 1 aromatic carbocycles. The van der Waals surface area contributed by atoms with Gasteiger partial charge in [0.1, 0.15) is 0 Å². The van der Waals surface area contributed by atoms with Crippen LogP contribution >= 0.6 is 0 Å². The summed E-state index contributed by atoms with van der Waals surface area (Å²) >= 11 is 0. The summed E-state index contributed by atoms with van der Waals surface area (Å²) in [7, 11) is 0. The van der Waals surface area contributed by atoms with Crippen LogP contribution < -0.4 is 16.0 Å². The minimum atomic E-state index is -0.444. The molecule has 0 saturated carbocycles. The Hall–Kier alpha value is -2.67. The summed E-state index contributed by atoms with van der Waals surface area (Å²) in [5.41, 5.74) is 0.979. The van der Waals surface area contributed by atoms with Gasteiger partial charge in [-0.05, 0) is 13.0 Å². The van der Waals surface area contributed by atoms with Crippen molar-refractivity contribution in [3.05, 3.63) is 42.1 Å². The molecular weight excluding hydrogens is 308 g/mol. The van der Waals surface area contributed by atoms with Crippen LogP contribution in [0, 0.1) is 0 Å². The molecule has 7 nitrogen and oxygen atoms in total. The van der Waals surface area contributed by atoms with Gasteiger partial charge in [0.05, 0.1) is 6.54 Å². The topological polar surface area (TPSA) is 96.3 Å². The molecule has 24 heavy (non-hydrogen) atoms. The fourth-order valence-electron chi connectivity index (χ4n) is 2.03. The third-order valence-electron chi connectivity index (χ3n) is 3.26. The van der Waals surface area contributed by atoms with Crippen LogP contribution in [0.3, 0.4) is 0 Å². The lowest BCUT2D eigenvalue weighted by Crippen LogP contribution is -2.39. The fraction of sp³-hybridized carbons (Fsp3) is 0.353. The van der Waals surface area contributed by atoms with E-state index in [1.807, 2.05) is 30.3 Å². The molecule has 0 radical (unpaired) electrons. The van der Waals surface area contributed by atoms with E-state index in [0.717, 1.165) is 18.5 Å². The van der Waals surface area contributed by atoms with E-state index in [1.54, 1.807) is 6.07 Å². The van der Waals surface area contributed by atoms with Crippen molar-refractivity contribution >= 4 is 11.8 Å². The Balaban J connectivity index is 1.75. The van der Waals surface area contributed by atoms with E-state index < -0.39 is 5.91 Å². The number of rotatable bonds is 9. The lowest BCUT2D eigenvalue weighted by Gasteiger charge is -2.06. The first-order valence-corrected chi connectivity index (χ1v) is 7.98. The monoisotopic (exact) mass is 330 g/mol. The third-order valence-corrected chi connectivity index (χ3v) is 3.26. The van der Waals surface area contributed by atoms with Gasteiger partial charge in [-0.3, -0.25) is 9.59 Å². The Morgan fingerprint density at radius 3 is 2.62 bits per heavy atom. The lowest BCUT2D eigenvalue weighted by molar-refractivity contribution is -0.120. The lowest BCUT2D eigenvalue weighted by atomic mass is 10.1. The molecule has 0 aliphatic carbocycles. The van der Waals surface area contributed by atoms with Crippen molar-refractivity contribution in [3.63, 3.8) is 0 Å². The highest BCUT2D eigenvalue weighted by atomic mass is 16.5. The second-order valence-corrected chi connectivity index (χ2v) is 5.23. The number of hydrogen-bond acceptors (Lipinski definition) is 5. The zero-order chi connectivity index (χ0) is 17.2. The number of carbonyl (C=O) groups excluding carboxylic acids is 2. The summed E-state index contributed by atoms with van der Waals surface area (Å²) in [6.07, 6.45) is 1.05. The molecule has 0 bridgehead atoms. The molecule has 0 spiro atoms. The van der Waals surface area contributed by atoms with E-state index in [4.69, 9.17) is 4.52 Å². The summed E-state index contributed by atoms with van der Waals surface area (Å²) in [6.45, 7) is 4.13. The van der Waals surface area contributed by atoms with Gasteiger partial charge in [-0.15, -0.1) is 0 Å². The second-order valence-electron chi connectivity index (χ2n) is 5.23. The van der Waals surface area contributed by atoms with Crippen molar-refractivity contribution in [1.29, 1.82) is 0 Å². The van der Waals surface area contributed by atoms with Gasteiger partial charge < -0.3 is 20.5 Å². The average Bonchev–Trinajstić information content (AvgIpc) is 3.10. The Kier molecular flexibility index (Phi) is 6.97. The highest BCUT2D eigenvalue weighted by molar-refractivity contribution is 5.95. The van der Waals surface area contributed by atoms with Gasteiger partial charge in [-0.1, -0.05) is 42.4 Å². The maximum absolute atomic E-state index is 12.0. The molecule has 1 heterocycles. The van der Waals surface area contributed by atoms with Gasteiger partial charge in [0.15, 0.2) is 11.5 Å². The number of aromatic nitrogens is 1. The van der Waals surface area contributed by atoms with E-state index in [2.05, 4.69) is 28.0 Å². The van der Waals surface area contributed by atoms with Gasteiger partial charge in [-0.2, -0.15) is 0 Å². The molecule has 0 atom stereocenters. The fourth-order valence-corrected chi connectivity index (χ4v) is 2.03. The molecule has 3 N–H and O–H groups in total. The van der Waals surface area contributed by atoms with Crippen LogP contribution in [-0.4, -0.2) is 43.2 Å². The van der Waals surface area contributed by atoms with Gasteiger partial charge in [0.25, 0.3) is 5.91 Å². The maximum atomic E-state index is 12.0. The van der Waals surface area contributed by atoms with Crippen molar-refractivity contribution in [2.75, 3.05) is 26.2 Å². The number of nitrogens with zero attached hydrogens (tertiary/aromatic N) is 1. The Labute approximate surface area is 140 Å². The quantitative estimate of drug-likeness (QED) is 0.600. The summed E-state index contributed by atoms with van der Waals surface area (Å²) in [5.74, 6) is -0.180. The normalized spacial score (nSPS) is 10.4. The van der Waals surface area contributed by atoms with E-state index in [9.17, 15) is 9.59 Å². The standard InChI is InChI=1S/C17H22N4O3/c1-2-8-18-9-10-19-16(22)12-20-17(23)14-11-15(24-21-14)13-6-4-3-5-7-13/h3-7,11,18H,2,8-10,12H2,1H3,(H,19,22)(H,20,23). The van der Waals surface area contributed by atoms with Crippen molar-refractivity contribution in [1.82, 2.24) is 21.1 Å². The van der Waals surface area contributed by atoms with Crippen molar-refractivity contribution in [2.45, 2.75) is 13.3 Å². The summed E-state index contributed by atoms with van der Waals surface area (Å²) in [4.78, 5) is 23.6. The SMILES string of the molecule is CCCNCCNC(=O)CNC(=O)c1cc(-c2ccccc2)on1. The predicted octanol–water partition coefficient (Wildman–Crippen LogP) is 1.19. The Morgan fingerprint density at radius 1 is 1.08 bits per heavy atom. The van der Waals surface area contributed by atoms with Crippen molar-refractivity contribution in [2.24, 2.45) is 0 Å². The minimum Gasteiger partial charge on any atom is -0.355 e. The van der Waals surface area contributed by atoms with Crippen LogP contribution in [0.1, 0.15) is 23.8 Å². The first-order chi connectivity index (χ1) is 11.7. The number of benzene rings is 1. The van der Waals surface area contributed by atoms with Crippen molar-refractivity contribution in [3.8, 4) is 11.3 Å². The zero-order valence-corrected chi connectivity index (χ0v) is 13.7. The van der Waals surface area contributed by atoms with E-state index in [1.165, 1.54) is 0 Å². The Bertz CT molecular complexity index is 655. The van der Waals surface area contributed by atoms with Gasteiger partial charge >= 0.3 is 0 Å². The van der Waals surface area contributed by atoms with Crippen LogP contribution in [0.4, 0.5) is 0 Å². The summed E-state index contributed by atoms with van der Waals surface area (Å²) in [5, 5.41) is 12.2. The summed E-state index contributed by atoms with van der Waals surface area (Å²) in [6, 6.07) is 10.9.